The van der Waals surface area contributed by atoms with Crippen LogP contribution in [0.5, 0.6) is 0 Å². The minimum atomic E-state index is 0.0493. The first-order valence-corrected chi connectivity index (χ1v) is 4.35. The van der Waals surface area contributed by atoms with Gasteiger partial charge >= 0.3 is 0 Å². The van der Waals surface area contributed by atoms with Crippen LogP contribution in [0.3, 0.4) is 0 Å². The zero-order chi connectivity index (χ0) is 9.35. The number of rotatable bonds is 0. The highest BCUT2D eigenvalue weighted by Gasteiger charge is 2.27. The Morgan fingerprint density at radius 2 is 2.08 bits per heavy atom. The van der Waals surface area contributed by atoms with Gasteiger partial charge in [-0.05, 0) is 24.8 Å². The van der Waals surface area contributed by atoms with E-state index in [-0.39, 0.29) is 11.2 Å². The third-order valence-electron chi connectivity index (χ3n) is 2.24. The van der Waals surface area contributed by atoms with E-state index < -0.39 is 0 Å². The Balaban J connectivity index is 3.10. The molecule has 0 aromatic carbocycles. The number of carbonyl (C=O) groups excluding carboxylic acids is 1. The lowest BCUT2D eigenvalue weighted by Gasteiger charge is -2.26. The Hall–Kier alpha value is -0.850. The van der Waals surface area contributed by atoms with E-state index in [0.29, 0.717) is 6.42 Å². The van der Waals surface area contributed by atoms with Gasteiger partial charge in [0, 0.05) is 12.0 Å². The number of allylic oxidation sites excluding steroid dienone is 4. The number of Topliss-reactive ketones (excluding diaryl/α,β-unsaturated/α-hetero) is 1. The predicted molar refractivity (Wildman–Crippen MR) is 50.9 cm³/mol. The van der Waals surface area contributed by atoms with Gasteiger partial charge in [0.25, 0.3) is 0 Å². The van der Waals surface area contributed by atoms with Crippen LogP contribution in [0.25, 0.3) is 0 Å². The summed E-state index contributed by atoms with van der Waals surface area (Å²) in [4.78, 5) is 11.5. The van der Waals surface area contributed by atoms with Crippen LogP contribution in [0.4, 0.5) is 0 Å². The Morgan fingerprint density at radius 1 is 1.50 bits per heavy atom. The maximum absolute atomic E-state index is 11.5. The monoisotopic (exact) mass is 164 g/mol. The van der Waals surface area contributed by atoms with E-state index >= 15 is 0 Å². The molecule has 0 spiro atoms. The smallest absolute Gasteiger partial charge is 0.163 e. The zero-order valence-corrected chi connectivity index (χ0v) is 8.27. The summed E-state index contributed by atoms with van der Waals surface area (Å²) in [5.74, 6) is 0.280. The van der Waals surface area contributed by atoms with Crippen molar-refractivity contribution >= 4 is 5.78 Å². The molecule has 0 aromatic heterocycles. The summed E-state index contributed by atoms with van der Waals surface area (Å²) in [5.41, 5.74) is 2.07. The standard InChI is InChI=1S/C11H16O/c1-5-9-8(2)6-11(3,4)7-10(9)12/h5-6H,7H2,1-4H3/b9-5-. The van der Waals surface area contributed by atoms with Crippen LogP contribution >= 0.6 is 0 Å². The van der Waals surface area contributed by atoms with Gasteiger partial charge in [-0.3, -0.25) is 4.79 Å². The molecule has 0 radical (unpaired) electrons. The van der Waals surface area contributed by atoms with Crippen LogP contribution in [-0.4, -0.2) is 5.78 Å². The summed E-state index contributed by atoms with van der Waals surface area (Å²) >= 11 is 0. The second-order valence-electron chi connectivity index (χ2n) is 4.12. The molecule has 1 rings (SSSR count). The summed E-state index contributed by atoms with van der Waals surface area (Å²) in [7, 11) is 0. The molecule has 0 atom stereocenters. The van der Waals surface area contributed by atoms with E-state index in [9.17, 15) is 4.79 Å². The van der Waals surface area contributed by atoms with Crippen molar-refractivity contribution in [2.75, 3.05) is 0 Å². The maximum Gasteiger partial charge on any atom is 0.163 e. The highest BCUT2D eigenvalue weighted by molar-refractivity contribution is 6.01. The van der Waals surface area contributed by atoms with Gasteiger partial charge in [-0.15, -0.1) is 0 Å². The molecule has 0 fully saturated rings. The van der Waals surface area contributed by atoms with Crippen LogP contribution in [0.1, 0.15) is 34.1 Å². The minimum Gasteiger partial charge on any atom is -0.294 e. The molecule has 1 heteroatoms. The van der Waals surface area contributed by atoms with Gasteiger partial charge in [0.15, 0.2) is 5.78 Å². The SMILES string of the molecule is C/C=C1\C(=O)CC(C)(C)C=C1C. The molecule has 0 heterocycles. The highest BCUT2D eigenvalue weighted by Crippen LogP contribution is 2.33. The molecule has 1 nitrogen and oxygen atoms in total. The molecule has 0 amide bonds. The van der Waals surface area contributed by atoms with Gasteiger partial charge in [-0.2, -0.15) is 0 Å². The average Bonchev–Trinajstić information content (AvgIpc) is 1.82. The number of carbonyl (C=O) groups is 1. The van der Waals surface area contributed by atoms with E-state index in [1.807, 2.05) is 19.9 Å². The molecule has 1 aliphatic carbocycles. The lowest BCUT2D eigenvalue weighted by atomic mass is 9.77. The fourth-order valence-electron chi connectivity index (χ4n) is 1.83. The Labute approximate surface area is 74.2 Å². The maximum atomic E-state index is 11.5. The molecule has 0 bridgehead atoms. The molecule has 0 aliphatic heterocycles. The largest absolute Gasteiger partial charge is 0.294 e. The van der Waals surface area contributed by atoms with Crippen molar-refractivity contribution in [3.05, 3.63) is 23.3 Å². The fraction of sp³-hybridized carbons (Fsp3) is 0.545. The van der Waals surface area contributed by atoms with Gasteiger partial charge in [0.05, 0.1) is 0 Å². The second-order valence-corrected chi connectivity index (χ2v) is 4.12. The van der Waals surface area contributed by atoms with E-state index in [4.69, 9.17) is 0 Å². The molecule has 0 unspecified atom stereocenters. The lowest BCUT2D eigenvalue weighted by Crippen LogP contribution is -2.22. The van der Waals surface area contributed by atoms with E-state index in [1.165, 1.54) is 0 Å². The van der Waals surface area contributed by atoms with E-state index in [0.717, 1.165) is 11.1 Å². The molecule has 0 N–H and O–H groups in total. The van der Waals surface area contributed by atoms with Gasteiger partial charge in [-0.25, -0.2) is 0 Å². The molecular weight excluding hydrogens is 148 g/mol. The van der Waals surface area contributed by atoms with E-state index in [1.54, 1.807) is 0 Å². The lowest BCUT2D eigenvalue weighted by molar-refractivity contribution is -0.117. The molecule has 66 valence electrons. The van der Waals surface area contributed by atoms with Crippen LogP contribution < -0.4 is 0 Å². The summed E-state index contributed by atoms with van der Waals surface area (Å²) in [6.07, 6.45) is 4.73. The third-order valence-corrected chi connectivity index (χ3v) is 2.24. The quantitative estimate of drug-likeness (QED) is 0.503. The molecule has 1 aliphatic rings. The number of hydrogen-bond acceptors (Lipinski definition) is 1. The van der Waals surface area contributed by atoms with Gasteiger partial charge in [-0.1, -0.05) is 26.0 Å². The topological polar surface area (TPSA) is 17.1 Å². The van der Waals surface area contributed by atoms with Crippen molar-refractivity contribution < 1.29 is 4.79 Å². The van der Waals surface area contributed by atoms with Crippen molar-refractivity contribution in [3.63, 3.8) is 0 Å². The molecule has 0 saturated carbocycles. The predicted octanol–water partition coefficient (Wildman–Crippen LogP) is 2.88. The Bertz CT molecular complexity index is 267. The Kier molecular flexibility index (Phi) is 2.22. The molecular formula is C11H16O. The van der Waals surface area contributed by atoms with Crippen molar-refractivity contribution in [2.45, 2.75) is 34.1 Å². The van der Waals surface area contributed by atoms with Gasteiger partial charge in [0.1, 0.15) is 0 Å². The first-order valence-electron chi connectivity index (χ1n) is 4.35. The van der Waals surface area contributed by atoms with E-state index in [2.05, 4.69) is 19.9 Å². The summed E-state index contributed by atoms with van der Waals surface area (Å²) in [6.45, 7) is 8.12. The first-order chi connectivity index (χ1) is 5.46. The molecule has 12 heavy (non-hydrogen) atoms. The van der Waals surface area contributed by atoms with Crippen LogP contribution in [-0.2, 0) is 4.79 Å². The normalized spacial score (nSPS) is 25.8. The highest BCUT2D eigenvalue weighted by atomic mass is 16.1. The fourth-order valence-corrected chi connectivity index (χ4v) is 1.83. The number of ketones is 1. The van der Waals surface area contributed by atoms with Gasteiger partial charge in [0.2, 0.25) is 0 Å². The molecule has 0 saturated heterocycles. The summed E-state index contributed by atoms with van der Waals surface area (Å²) < 4.78 is 0. The Morgan fingerprint density at radius 3 is 2.50 bits per heavy atom. The van der Waals surface area contributed by atoms with Crippen molar-refractivity contribution in [1.82, 2.24) is 0 Å². The zero-order valence-electron chi connectivity index (χ0n) is 8.27. The van der Waals surface area contributed by atoms with Crippen molar-refractivity contribution in [2.24, 2.45) is 5.41 Å². The average molecular weight is 164 g/mol. The van der Waals surface area contributed by atoms with Crippen molar-refractivity contribution in [1.29, 1.82) is 0 Å². The van der Waals surface area contributed by atoms with Crippen LogP contribution in [0.2, 0.25) is 0 Å². The summed E-state index contributed by atoms with van der Waals surface area (Å²) in [5, 5.41) is 0. The number of hydrogen-bond donors (Lipinski definition) is 0. The third kappa shape index (κ3) is 1.66. The summed E-state index contributed by atoms with van der Waals surface area (Å²) in [6, 6.07) is 0. The van der Waals surface area contributed by atoms with Crippen LogP contribution in [0, 0.1) is 5.41 Å². The first kappa shape index (κ1) is 9.24. The van der Waals surface area contributed by atoms with Crippen molar-refractivity contribution in [3.8, 4) is 0 Å². The minimum absolute atomic E-state index is 0.0493. The van der Waals surface area contributed by atoms with Gasteiger partial charge < -0.3 is 0 Å². The second kappa shape index (κ2) is 2.89. The molecule has 0 aromatic rings. The van der Waals surface area contributed by atoms with Crippen LogP contribution in [0.15, 0.2) is 23.3 Å².